The Bertz CT molecular complexity index is 539. The van der Waals surface area contributed by atoms with Gasteiger partial charge in [0.1, 0.15) is 12.2 Å². The Morgan fingerprint density at radius 2 is 0.528 bits per heavy atom. The number of aliphatic hydroxyl groups is 4. The van der Waals surface area contributed by atoms with Crippen LogP contribution >= 0.6 is 29.5 Å². The Labute approximate surface area is 218 Å². The highest BCUT2D eigenvalue weighted by Gasteiger charge is 2.12. The first-order valence-corrected chi connectivity index (χ1v) is 20.1. The third-order valence-electron chi connectivity index (χ3n) is 4.77. The Hall–Kier alpha value is 0.600. The van der Waals surface area contributed by atoms with Crippen LogP contribution in [-0.2, 0) is 18.3 Å². The third-order valence-corrected chi connectivity index (χ3v) is 12.7. The first kappa shape index (κ1) is 46.5. The molecule has 12 nitrogen and oxygen atoms in total. The standard InChI is InChI=1S/C4H10O4.4C4H11O2P/c5-1-3(7)4(8)2-6;4*1-3-7(5,6)4-2/h3-8H,1-2H2;4*3-4H2,1-2H3,(H,5,6). The largest absolute Gasteiger partial charge is 0.394 e. The molecule has 0 aliphatic rings. The second-order valence-electron chi connectivity index (χ2n) is 7.41. The molecule has 0 rings (SSSR count). The lowest BCUT2D eigenvalue weighted by Gasteiger charge is -2.10. The molecule has 2 unspecified atom stereocenters. The van der Waals surface area contributed by atoms with Crippen LogP contribution < -0.4 is 0 Å². The summed E-state index contributed by atoms with van der Waals surface area (Å²) in [6, 6.07) is 0. The lowest BCUT2D eigenvalue weighted by Crippen LogP contribution is -2.31. The minimum atomic E-state index is -2.65. The van der Waals surface area contributed by atoms with E-state index in [0.717, 1.165) is 0 Å². The van der Waals surface area contributed by atoms with Gasteiger partial charge < -0.3 is 40.0 Å². The third kappa shape index (κ3) is 36.8. The van der Waals surface area contributed by atoms with Crippen molar-refractivity contribution in [3.05, 3.63) is 0 Å². The van der Waals surface area contributed by atoms with Gasteiger partial charge in [0.05, 0.1) is 13.2 Å². The van der Waals surface area contributed by atoms with E-state index in [1.54, 1.807) is 55.4 Å². The minimum Gasteiger partial charge on any atom is -0.394 e. The van der Waals surface area contributed by atoms with Gasteiger partial charge in [0, 0.05) is 49.3 Å². The second kappa shape index (κ2) is 25.9. The van der Waals surface area contributed by atoms with E-state index in [-0.39, 0.29) is 0 Å². The fourth-order valence-electron chi connectivity index (χ4n) is 1.14. The van der Waals surface area contributed by atoms with Crippen LogP contribution in [0.3, 0.4) is 0 Å². The van der Waals surface area contributed by atoms with Gasteiger partial charge in [0.25, 0.3) is 0 Å². The summed E-state index contributed by atoms with van der Waals surface area (Å²) in [5, 5.41) is 33.2. The van der Waals surface area contributed by atoms with Crippen LogP contribution in [0.1, 0.15) is 55.4 Å². The van der Waals surface area contributed by atoms with E-state index in [1.807, 2.05) is 0 Å². The summed E-state index contributed by atoms with van der Waals surface area (Å²) in [5.74, 6) is 0. The molecule has 0 aromatic heterocycles. The summed E-state index contributed by atoms with van der Waals surface area (Å²) < 4.78 is 42.0. The van der Waals surface area contributed by atoms with Crippen LogP contribution in [0.25, 0.3) is 0 Å². The molecule has 0 spiro atoms. The fraction of sp³-hybridized carbons (Fsp3) is 1.00. The van der Waals surface area contributed by atoms with Crippen LogP contribution in [0, 0.1) is 0 Å². The molecular weight excluding hydrogens is 556 g/mol. The molecule has 0 radical (unpaired) electrons. The molecule has 0 aromatic carbocycles. The highest BCUT2D eigenvalue weighted by molar-refractivity contribution is 7.58. The van der Waals surface area contributed by atoms with E-state index in [0.29, 0.717) is 49.3 Å². The summed E-state index contributed by atoms with van der Waals surface area (Å²) in [7, 11) is -10.6. The van der Waals surface area contributed by atoms with Gasteiger partial charge in [0.2, 0.25) is 0 Å². The zero-order valence-corrected chi connectivity index (χ0v) is 26.8. The summed E-state index contributed by atoms with van der Waals surface area (Å²) in [6.07, 6.45) is 0.806. The molecule has 36 heavy (non-hydrogen) atoms. The summed E-state index contributed by atoms with van der Waals surface area (Å²) in [6.45, 7) is 12.8. The number of hydrogen-bond donors (Lipinski definition) is 8. The number of rotatable bonds is 11. The summed E-state index contributed by atoms with van der Waals surface area (Å²) >= 11 is 0. The molecule has 0 saturated heterocycles. The van der Waals surface area contributed by atoms with Gasteiger partial charge in [-0.1, -0.05) is 55.4 Å². The van der Waals surface area contributed by atoms with E-state index in [9.17, 15) is 18.3 Å². The molecule has 0 bridgehead atoms. The van der Waals surface area contributed by atoms with Crippen molar-refractivity contribution in [2.45, 2.75) is 67.6 Å². The second-order valence-corrected chi connectivity index (χ2v) is 19.2. The van der Waals surface area contributed by atoms with Crippen molar-refractivity contribution in [2.24, 2.45) is 0 Å². The van der Waals surface area contributed by atoms with Gasteiger partial charge in [-0.15, -0.1) is 0 Å². The Morgan fingerprint density at radius 1 is 0.417 bits per heavy atom. The van der Waals surface area contributed by atoms with Crippen LogP contribution in [0.4, 0.5) is 0 Å². The molecule has 0 aliphatic heterocycles. The molecule has 0 heterocycles. The number of aliphatic hydroxyl groups excluding tert-OH is 4. The van der Waals surface area contributed by atoms with E-state index in [2.05, 4.69) is 0 Å². The smallest absolute Gasteiger partial charge is 0.200 e. The quantitative estimate of drug-likeness (QED) is 0.158. The molecule has 0 amide bonds. The lowest BCUT2D eigenvalue weighted by molar-refractivity contribution is -0.0388. The minimum absolute atomic E-state index is 0.406. The van der Waals surface area contributed by atoms with Gasteiger partial charge in [0.15, 0.2) is 29.5 Å². The fourth-order valence-corrected chi connectivity index (χ4v) is 2.93. The van der Waals surface area contributed by atoms with Gasteiger partial charge in [-0.05, 0) is 0 Å². The monoisotopic (exact) mass is 610 g/mol. The van der Waals surface area contributed by atoms with E-state index >= 15 is 0 Å². The highest BCUT2D eigenvalue weighted by atomic mass is 31.2. The molecule has 226 valence electrons. The van der Waals surface area contributed by atoms with Crippen molar-refractivity contribution in [2.75, 3.05) is 62.5 Å². The maximum atomic E-state index is 10.5. The predicted molar refractivity (Wildman–Crippen MR) is 150 cm³/mol. The topological polar surface area (TPSA) is 230 Å². The van der Waals surface area contributed by atoms with E-state index in [1.165, 1.54) is 0 Å². The van der Waals surface area contributed by atoms with E-state index < -0.39 is 54.9 Å². The summed E-state index contributed by atoms with van der Waals surface area (Å²) in [5.41, 5.74) is 0. The van der Waals surface area contributed by atoms with Crippen molar-refractivity contribution < 1.29 is 58.3 Å². The van der Waals surface area contributed by atoms with Crippen LogP contribution in [0.2, 0.25) is 0 Å². The van der Waals surface area contributed by atoms with Crippen LogP contribution in [-0.4, -0.2) is 115 Å². The average Bonchev–Trinajstić information content (AvgIpc) is 2.89. The van der Waals surface area contributed by atoms with Gasteiger partial charge in [-0.2, -0.15) is 0 Å². The first-order valence-electron chi connectivity index (χ1n) is 12.0. The van der Waals surface area contributed by atoms with E-state index in [4.69, 9.17) is 40.0 Å². The normalized spacial score (nSPS) is 13.2. The highest BCUT2D eigenvalue weighted by Crippen LogP contribution is 2.39. The van der Waals surface area contributed by atoms with Crippen molar-refractivity contribution in [1.29, 1.82) is 0 Å². The Morgan fingerprint density at radius 3 is 0.556 bits per heavy atom. The SMILES string of the molecule is CCP(=O)(O)CC.CCP(=O)(O)CC.CCP(=O)(O)CC.CCP(=O)(O)CC.OCC(O)C(O)CO. The van der Waals surface area contributed by atoms with Crippen molar-refractivity contribution in [3.8, 4) is 0 Å². The van der Waals surface area contributed by atoms with Gasteiger partial charge in [-0.25, -0.2) is 0 Å². The molecule has 0 saturated carbocycles. The maximum Gasteiger partial charge on any atom is 0.200 e. The van der Waals surface area contributed by atoms with Gasteiger partial charge in [-0.3, -0.25) is 18.3 Å². The van der Waals surface area contributed by atoms with Gasteiger partial charge >= 0.3 is 0 Å². The predicted octanol–water partition coefficient (Wildman–Crippen LogP) is 2.88. The summed E-state index contributed by atoms with van der Waals surface area (Å²) in [4.78, 5) is 34.8. The molecule has 0 fully saturated rings. The average molecular weight is 611 g/mol. The number of hydrogen-bond acceptors (Lipinski definition) is 8. The Balaban J connectivity index is -0.000000111. The van der Waals surface area contributed by atoms with Crippen molar-refractivity contribution in [3.63, 3.8) is 0 Å². The Kier molecular flexibility index (Phi) is 33.4. The maximum absolute atomic E-state index is 10.5. The van der Waals surface area contributed by atoms with Crippen LogP contribution in [0.15, 0.2) is 0 Å². The zero-order chi connectivity index (χ0) is 30.2. The van der Waals surface area contributed by atoms with Crippen LogP contribution in [0.5, 0.6) is 0 Å². The van der Waals surface area contributed by atoms with Crippen molar-refractivity contribution >= 4 is 29.5 Å². The molecular formula is C20H54O12P4. The molecule has 0 aliphatic carbocycles. The molecule has 0 aromatic rings. The lowest BCUT2D eigenvalue weighted by atomic mass is 10.2. The molecule has 2 atom stereocenters. The van der Waals surface area contributed by atoms with Crippen molar-refractivity contribution in [1.82, 2.24) is 0 Å². The molecule has 16 heteroatoms. The zero-order valence-electron chi connectivity index (χ0n) is 23.2. The molecule has 8 N–H and O–H groups in total. The first-order chi connectivity index (χ1) is 16.2.